The third kappa shape index (κ3) is 2.95. The van der Waals surface area contributed by atoms with E-state index in [-0.39, 0.29) is 30.4 Å². The van der Waals surface area contributed by atoms with Gasteiger partial charge in [0.25, 0.3) is 5.91 Å². The first-order valence-corrected chi connectivity index (χ1v) is 8.98. The summed E-state index contributed by atoms with van der Waals surface area (Å²) in [7, 11) is 1.60. The molecule has 4 rings (SSSR count). The molecule has 1 aromatic carbocycles. The molecule has 1 saturated carbocycles. The van der Waals surface area contributed by atoms with E-state index in [9.17, 15) is 9.59 Å². The number of amides is 2. The van der Waals surface area contributed by atoms with Crippen LogP contribution in [0.1, 0.15) is 25.7 Å². The van der Waals surface area contributed by atoms with Crippen LogP contribution < -0.4 is 15.5 Å². The first kappa shape index (κ1) is 16.7. The molecule has 3 aliphatic rings. The molecule has 8 nitrogen and oxygen atoms in total. The van der Waals surface area contributed by atoms with Crippen molar-refractivity contribution in [2.75, 3.05) is 19.0 Å². The fourth-order valence-corrected chi connectivity index (χ4v) is 4.11. The van der Waals surface area contributed by atoms with Crippen molar-refractivity contribution in [3.8, 4) is 5.75 Å². The number of hydrazone groups is 1. The Morgan fingerprint density at radius 3 is 2.73 bits per heavy atom. The molecule has 1 saturated heterocycles. The minimum Gasteiger partial charge on any atom is -0.497 e. The lowest BCUT2D eigenvalue weighted by molar-refractivity contribution is -0.151. The highest BCUT2D eigenvalue weighted by Gasteiger charge is 2.48. The van der Waals surface area contributed by atoms with Gasteiger partial charge in [-0.25, -0.2) is 0 Å². The van der Waals surface area contributed by atoms with E-state index in [0.717, 1.165) is 31.4 Å². The Labute approximate surface area is 152 Å². The molecule has 2 aliphatic heterocycles. The highest BCUT2D eigenvalue weighted by atomic mass is 16.5. The van der Waals surface area contributed by atoms with Gasteiger partial charge >= 0.3 is 0 Å². The fraction of sp³-hybridized carbons (Fsp3) is 0.500. The average Bonchev–Trinajstić information content (AvgIpc) is 3.16. The molecule has 3 unspecified atom stereocenters. The zero-order valence-electron chi connectivity index (χ0n) is 14.7. The number of nitrogens with zero attached hydrogens (tertiary/aromatic N) is 3. The normalized spacial score (nSPS) is 26.8. The second-order valence-electron chi connectivity index (χ2n) is 6.89. The van der Waals surface area contributed by atoms with Crippen LogP contribution in [0.2, 0.25) is 0 Å². The molecular formula is C18H23N5O3. The second-order valence-corrected chi connectivity index (χ2v) is 6.89. The number of hydrogen-bond acceptors (Lipinski definition) is 6. The number of hydrogen-bond donors (Lipinski definition) is 2. The van der Waals surface area contributed by atoms with Crippen molar-refractivity contribution in [3.63, 3.8) is 0 Å². The van der Waals surface area contributed by atoms with Gasteiger partial charge in [0.15, 0.2) is 6.17 Å². The van der Waals surface area contributed by atoms with Crippen LogP contribution in [0, 0.1) is 0 Å². The quantitative estimate of drug-likeness (QED) is 0.838. The summed E-state index contributed by atoms with van der Waals surface area (Å²) >= 11 is 0. The number of nitrogens with one attached hydrogen (secondary N) is 2. The summed E-state index contributed by atoms with van der Waals surface area (Å²) < 4.78 is 5.12. The molecule has 1 aromatic rings. The number of rotatable bonds is 4. The SMILES string of the molecule is COc1ccc(NC(=O)CN2C(=O)C3NN=CN3C3CCCCC32)cc1. The summed E-state index contributed by atoms with van der Waals surface area (Å²) in [6, 6.07) is 7.42. The van der Waals surface area contributed by atoms with Crippen LogP contribution in [-0.4, -0.2) is 59.9 Å². The number of fused-ring (bicyclic) bond motifs is 3. The van der Waals surface area contributed by atoms with Gasteiger partial charge in [-0.05, 0) is 37.1 Å². The van der Waals surface area contributed by atoms with E-state index in [4.69, 9.17) is 4.74 Å². The molecule has 2 N–H and O–H groups in total. The number of carbonyl (C=O) groups excluding carboxylic acids is 2. The van der Waals surface area contributed by atoms with E-state index >= 15 is 0 Å². The first-order valence-electron chi connectivity index (χ1n) is 8.98. The predicted molar refractivity (Wildman–Crippen MR) is 96.6 cm³/mol. The van der Waals surface area contributed by atoms with Crippen molar-refractivity contribution < 1.29 is 14.3 Å². The maximum Gasteiger partial charge on any atom is 0.268 e. The lowest BCUT2D eigenvalue weighted by atomic mass is 9.85. The second kappa shape index (κ2) is 6.86. The highest BCUT2D eigenvalue weighted by molar-refractivity contribution is 5.96. The highest BCUT2D eigenvalue weighted by Crippen LogP contribution is 2.33. The molecular weight excluding hydrogens is 334 g/mol. The minimum absolute atomic E-state index is 0.0536. The Hall–Kier alpha value is -2.77. The van der Waals surface area contributed by atoms with Crippen LogP contribution in [0.3, 0.4) is 0 Å². The summed E-state index contributed by atoms with van der Waals surface area (Å²) in [4.78, 5) is 29.2. The van der Waals surface area contributed by atoms with Crippen LogP contribution in [0.25, 0.3) is 0 Å². The number of piperazine rings is 1. The molecule has 2 heterocycles. The smallest absolute Gasteiger partial charge is 0.268 e. The van der Waals surface area contributed by atoms with E-state index in [2.05, 4.69) is 15.8 Å². The average molecular weight is 357 g/mol. The first-order chi connectivity index (χ1) is 12.7. The van der Waals surface area contributed by atoms with Crippen LogP contribution in [0.4, 0.5) is 5.69 Å². The van der Waals surface area contributed by atoms with Gasteiger partial charge < -0.3 is 19.9 Å². The number of carbonyl (C=O) groups is 2. The van der Waals surface area contributed by atoms with Crippen LogP contribution in [0.15, 0.2) is 29.4 Å². The predicted octanol–water partition coefficient (Wildman–Crippen LogP) is 0.962. The van der Waals surface area contributed by atoms with Gasteiger partial charge in [0.05, 0.1) is 19.2 Å². The molecule has 1 aliphatic carbocycles. The van der Waals surface area contributed by atoms with E-state index < -0.39 is 6.17 Å². The van der Waals surface area contributed by atoms with Gasteiger partial charge in [-0.3, -0.25) is 15.0 Å². The molecule has 3 atom stereocenters. The zero-order valence-corrected chi connectivity index (χ0v) is 14.7. The van der Waals surface area contributed by atoms with E-state index in [1.54, 1.807) is 42.6 Å². The van der Waals surface area contributed by atoms with Crippen LogP contribution >= 0.6 is 0 Å². The Balaban J connectivity index is 1.46. The fourth-order valence-electron chi connectivity index (χ4n) is 4.11. The Kier molecular flexibility index (Phi) is 4.40. The van der Waals surface area contributed by atoms with Crippen molar-refractivity contribution in [3.05, 3.63) is 24.3 Å². The minimum atomic E-state index is -0.483. The summed E-state index contributed by atoms with van der Waals surface area (Å²) in [6.07, 6.45) is 5.39. The standard InChI is InChI=1S/C18H23N5O3/c1-26-13-8-6-12(7-9-13)20-16(24)10-22-14-4-2-3-5-15(14)23-11-19-21-17(23)18(22)25/h6-9,11,14-15,17,21H,2-5,10H2,1H3,(H,20,24). The maximum absolute atomic E-state index is 12.9. The molecule has 26 heavy (non-hydrogen) atoms. The Bertz CT molecular complexity index is 720. The molecule has 0 aromatic heterocycles. The zero-order chi connectivity index (χ0) is 18.1. The van der Waals surface area contributed by atoms with E-state index in [1.807, 2.05) is 4.90 Å². The third-order valence-corrected chi connectivity index (χ3v) is 5.37. The number of methoxy groups -OCH3 is 1. The maximum atomic E-state index is 12.9. The monoisotopic (exact) mass is 357 g/mol. The van der Waals surface area contributed by atoms with Crippen LogP contribution in [-0.2, 0) is 9.59 Å². The van der Waals surface area contributed by atoms with Gasteiger partial charge in [-0.15, -0.1) is 0 Å². The number of benzene rings is 1. The van der Waals surface area contributed by atoms with Crippen molar-refractivity contribution in [2.45, 2.75) is 43.9 Å². The molecule has 0 spiro atoms. The molecule has 2 amide bonds. The summed E-state index contributed by atoms with van der Waals surface area (Å²) in [5.74, 6) is 0.447. The summed E-state index contributed by atoms with van der Waals surface area (Å²) in [5, 5.41) is 6.92. The molecule has 0 radical (unpaired) electrons. The topological polar surface area (TPSA) is 86.3 Å². The van der Waals surface area contributed by atoms with E-state index in [1.165, 1.54) is 0 Å². The third-order valence-electron chi connectivity index (χ3n) is 5.37. The Morgan fingerprint density at radius 1 is 1.27 bits per heavy atom. The Morgan fingerprint density at radius 2 is 2.00 bits per heavy atom. The summed E-state index contributed by atoms with van der Waals surface area (Å²) in [5.41, 5.74) is 3.55. The van der Waals surface area contributed by atoms with E-state index in [0.29, 0.717) is 5.69 Å². The van der Waals surface area contributed by atoms with Crippen molar-refractivity contribution in [1.82, 2.24) is 15.2 Å². The number of anilines is 1. The van der Waals surface area contributed by atoms with Gasteiger partial charge in [-0.2, -0.15) is 5.10 Å². The van der Waals surface area contributed by atoms with Gasteiger partial charge in [0.2, 0.25) is 5.91 Å². The number of ether oxygens (including phenoxy) is 1. The van der Waals surface area contributed by atoms with Crippen molar-refractivity contribution in [2.24, 2.45) is 5.10 Å². The van der Waals surface area contributed by atoms with Crippen molar-refractivity contribution >= 4 is 23.8 Å². The van der Waals surface area contributed by atoms with Gasteiger partial charge in [0.1, 0.15) is 18.6 Å². The molecule has 0 bridgehead atoms. The van der Waals surface area contributed by atoms with Crippen LogP contribution in [0.5, 0.6) is 5.75 Å². The largest absolute Gasteiger partial charge is 0.497 e. The lowest BCUT2D eigenvalue weighted by Gasteiger charge is -2.50. The molecule has 138 valence electrons. The molecule has 2 fully saturated rings. The summed E-state index contributed by atoms with van der Waals surface area (Å²) in [6.45, 7) is 0.0536. The van der Waals surface area contributed by atoms with Gasteiger partial charge in [-0.1, -0.05) is 12.8 Å². The molecule has 8 heteroatoms. The van der Waals surface area contributed by atoms with Crippen molar-refractivity contribution in [1.29, 1.82) is 0 Å². The lowest BCUT2D eigenvalue weighted by Crippen LogP contribution is -2.68. The van der Waals surface area contributed by atoms with Gasteiger partial charge in [0, 0.05) is 5.69 Å².